The van der Waals surface area contributed by atoms with Gasteiger partial charge in [-0.3, -0.25) is 4.79 Å². The molecule has 2 N–H and O–H groups in total. The molecule has 0 aromatic rings. The Kier molecular flexibility index (Phi) is 5.64. The van der Waals surface area contributed by atoms with Crippen molar-refractivity contribution in [2.24, 2.45) is 5.41 Å². The van der Waals surface area contributed by atoms with Gasteiger partial charge in [-0.05, 0) is 33.1 Å². The van der Waals surface area contributed by atoms with Crippen molar-refractivity contribution in [2.45, 2.75) is 60.1 Å². The molecular formula is C13H26N2O3. The zero-order chi connectivity index (χ0) is 14.6. The lowest BCUT2D eigenvalue weighted by Gasteiger charge is -2.23. The van der Waals surface area contributed by atoms with Crippen LogP contribution < -0.4 is 10.6 Å². The molecule has 0 aliphatic rings. The van der Waals surface area contributed by atoms with Gasteiger partial charge in [0.1, 0.15) is 11.6 Å². The van der Waals surface area contributed by atoms with Crippen molar-refractivity contribution in [1.82, 2.24) is 10.6 Å². The zero-order valence-electron chi connectivity index (χ0n) is 12.5. The summed E-state index contributed by atoms with van der Waals surface area (Å²) in [4.78, 5) is 23.2. The number of carbonyl (C=O) groups excluding carboxylic acids is 2. The molecule has 0 aliphatic carbocycles. The number of alkyl carbamates (subject to hydrolysis) is 1. The van der Waals surface area contributed by atoms with Crippen molar-refractivity contribution >= 4 is 12.0 Å². The lowest BCUT2D eigenvalue weighted by atomic mass is 9.97. The van der Waals surface area contributed by atoms with Crippen LogP contribution in [-0.2, 0) is 9.53 Å². The van der Waals surface area contributed by atoms with Crippen LogP contribution in [0.5, 0.6) is 0 Å². The quantitative estimate of drug-likeness (QED) is 0.814. The lowest BCUT2D eigenvalue weighted by Crippen LogP contribution is -2.47. The summed E-state index contributed by atoms with van der Waals surface area (Å²) in [5.41, 5.74) is -0.549. The molecule has 0 rings (SSSR count). The maximum absolute atomic E-state index is 11.7. The second-order valence-electron chi connectivity index (χ2n) is 6.65. The maximum atomic E-state index is 11.7. The molecule has 0 radical (unpaired) electrons. The van der Waals surface area contributed by atoms with Gasteiger partial charge in [0.05, 0.1) is 0 Å². The van der Waals surface area contributed by atoms with Gasteiger partial charge in [0.15, 0.2) is 0 Å². The summed E-state index contributed by atoms with van der Waals surface area (Å²) in [6.45, 7) is 13.6. The highest BCUT2D eigenvalue weighted by molar-refractivity contribution is 5.85. The zero-order valence-corrected chi connectivity index (χ0v) is 12.5. The summed E-state index contributed by atoms with van der Waals surface area (Å²) in [5.74, 6) is -0.212. The molecule has 5 nitrogen and oxygen atoms in total. The number of hydrogen-bond donors (Lipinski definition) is 2. The topological polar surface area (TPSA) is 67.4 Å². The summed E-state index contributed by atoms with van der Waals surface area (Å²) in [5, 5.41) is 5.28. The minimum atomic E-state index is -0.609. The molecule has 0 spiro atoms. The first-order valence-corrected chi connectivity index (χ1v) is 6.18. The molecule has 1 unspecified atom stereocenters. The molecule has 0 aliphatic heterocycles. The SMILES string of the molecule is CC(NC(=O)OC(C)(C)C)C(=O)NCC(C)(C)C. The van der Waals surface area contributed by atoms with Crippen LogP contribution in [0.15, 0.2) is 0 Å². The highest BCUT2D eigenvalue weighted by Gasteiger charge is 2.21. The molecule has 0 saturated carbocycles. The second kappa shape index (κ2) is 6.07. The molecule has 18 heavy (non-hydrogen) atoms. The average Bonchev–Trinajstić information content (AvgIpc) is 2.09. The predicted molar refractivity (Wildman–Crippen MR) is 71.3 cm³/mol. The number of nitrogens with one attached hydrogen (secondary N) is 2. The van der Waals surface area contributed by atoms with E-state index in [0.29, 0.717) is 6.54 Å². The molecular weight excluding hydrogens is 232 g/mol. The molecule has 5 heteroatoms. The Bertz CT molecular complexity index is 300. The Labute approximate surface area is 110 Å². The Hall–Kier alpha value is -1.26. The van der Waals surface area contributed by atoms with Crippen LogP contribution in [0.2, 0.25) is 0 Å². The van der Waals surface area contributed by atoms with Gasteiger partial charge in [-0.15, -0.1) is 0 Å². The number of hydrogen-bond acceptors (Lipinski definition) is 3. The van der Waals surface area contributed by atoms with Gasteiger partial charge >= 0.3 is 6.09 Å². The van der Waals surface area contributed by atoms with Crippen molar-refractivity contribution in [3.8, 4) is 0 Å². The molecule has 0 aromatic heterocycles. The van der Waals surface area contributed by atoms with E-state index in [1.807, 2.05) is 20.8 Å². The Morgan fingerprint density at radius 1 is 1.11 bits per heavy atom. The minimum absolute atomic E-state index is 0.0152. The molecule has 1 atom stereocenters. The fourth-order valence-electron chi connectivity index (χ4n) is 1.06. The normalized spacial score (nSPS) is 13.7. The van der Waals surface area contributed by atoms with E-state index in [2.05, 4.69) is 10.6 Å². The molecule has 0 heterocycles. The van der Waals surface area contributed by atoms with Crippen LogP contribution in [0.25, 0.3) is 0 Å². The van der Waals surface area contributed by atoms with Crippen molar-refractivity contribution in [2.75, 3.05) is 6.54 Å². The highest BCUT2D eigenvalue weighted by Crippen LogP contribution is 2.10. The van der Waals surface area contributed by atoms with E-state index in [1.165, 1.54) is 0 Å². The first-order chi connectivity index (χ1) is 7.91. The second-order valence-corrected chi connectivity index (χ2v) is 6.65. The number of amides is 2. The van der Waals surface area contributed by atoms with E-state index in [-0.39, 0.29) is 11.3 Å². The third kappa shape index (κ3) is 8.84. The largest absolute Gasteiger partial charge is 0.444 e. The third-order valence-corrected chi connectivity index (χ3v) is 1.92. The van der Waals surface area contributed by atoms with Crippen molar-refractivity contribution in [3.63, 3.8) is 0 Å². The lowest BCUT2D eigenvalue weighted by molar-refractivity contribution is -0.123. The Morgan fingerprint density at radius 2 is 1.61 bits per heavy atom. The first-order valence-electron chi connectivity index (χ1n) is 6.18. The smallest absolute Gasteiger partial charge is 0.408 e. The highest BCUT2D eigenvalue weighted by atomic mass is 16.6. The summed E-state index contributed by atoms with van der Waals surface area (Å²) in [7, 11) is 0. The number of ether oxygens (including phenoxy) is 1. The van der Waals surface area contributed by atoms with Crippen LogP contribution in [0.1, 0.15) is 48.5 Å². The van der Waals surface area contributed by atoms with Crippen LogP contribution in [0, 0.1) is 5.41 Å². The standard InChI is InChI=1S/C13H26N2O3/c1-9(10(16)14-8-12(2,3)4)15-11(17)18-13(5,6)7/h9H,8H2,1-7H3,(H,14,16)(H,15,17). The molecule has 0 fully saturated rings. The van der Waals surface area contributed by atoms with Crippen LogP contribution in [0.3, 0.4) is 0 Å². The van der Waals surface area contributed by atoms with Crippen molar-refractivity contribution in [3.05, 3.63) is 0 Å². The van der Waals surface area contributed by atoms with Gasteiger partial charge in [-0.1, -0.05) is 20.8 Å². The van der Waals surface area contributed by atoms with E-state index < -0.39 is 17.7 Å². The third-order valence-electron chi connectivity index (χ3n) is 1.92. The van der Waals surface area contributed by atoms with Gasteiger partial charge in [0.25, 0.3) is 0 Å². The number of carbonyl (C=O) groups is 2. The monoisotopic (exact) mass is 258 g/mol. The molecule has 106 valence electrons. The maximum Gasteiger partial charge on any atom is 0.408 e. The van der Waals surface area contributed by atoms with E-state index in [1.54, 1.807) is 27.7 Å². The van der Waals surface area contributed by atoms with E-state index in [0.717, 1.165) is 0 Å². The Morgan fingerprint density at radius 3 is 2.00 bits per heavy atom. The average molecular weight is 258 g/mol. The van der Waals surface area contributed by atoms with Gasteiger partial charge < -0.3 is 15.4 Å². The van der Waals surface area contributed by atoms with Gasteiger partial charge in [-0.25, -0.2) is 4.79 Å². The summed E-state index contributed by atoms with van der Waals surface area (Å²) < 4.78 is 5.07. The molecule has 2 amide bonds. The summed E-state index contributed by atoms with van der Waals surface area (Å²) in [6.07, 6.45) is -0.582. The molecule has 0 aromatic carbocycles. The molecule has 0 saturated heterocycles. The minimum Gasteiger partial charge on any atom is -0.444 e. The van der Waals surface area contributed by atoms with E-state index >= 15 is 0 Å². The fraction of sp³-hybridized carbons (Fsp3) is 0.846. The summed E-state index contributed by atoms with van der Waals surface area (Å²) in [6, 6.07) is -0.609. The van der Waals surface area contributed by atoms with E-state index in [9.17, 15) is 9.59 Å². The van der Waals surface area contributed by atoms with Gasteiger partial charge in [-0.2, -0.15) is 0 Å². The fourth-order valence-corrected chi connectivity index (χ4v) is 1.06. The first kappa shape index (κ1) is 16.7. The van der Waals surface area contributed by atoms with Crippen LogP contribution in [0.4, 0.5) is 4.79 Å². The molecule has 0 bridgehead atoms. The number of rotatable bonds is 3. The Balaban J connectivity index is 4.13. The van der Waals surface area contributed by atoms with E-state index in [4.69, 9.17) is 4.74 Å². The van der Waals surface area contributed by atoms with Gasteiger partial charge in [0, 0.05) is 6.54 Å². The van der Waals surface area contributed by atoms with Crippen molar-refractivity contribution < 1.29 is 14.3 Å². The van der Waals surface area contributed by atoms with Crippen molar-refractivity contribution in [1.29, 1.82) is 0 Å². The summed E-state index contributed by atoms with van der Waals surface area (Å²) >= 11 is 0. The van der Waals surface area contributed by atoms with Crippen LogP contribution >= 0.6 is 0 Å². The van der Waals surface area contributed by atoms with Crippen LogP contribution in [-0.4, -0.2) is 30.2 Å². The van der Waals surface area contributed by atoms with Gasteiger partial charge in [0.2, 0.25) is 5.91 Å². The predicted octanol–water partition coefficient (Wildman–Crippen LogP) is 2.06.